The van der Waals surface area contributed by atoms with Gasteiger partial charge >= 0.3 is 0 Å². The summed E-state index contributed by atoms with van der Waals surface area (Å²) in [4.78, 5) is 10.7. The van der Waals surface area contributed by atoms with Crippen LogP contribution in [0.25, 0.3) is 98.0 Å². The quantitative estimate of drug-likeness (QED) is 0.167. The van der Waals surface area contributed by atoms with E-state index in [1.165, 1.54) is 65.0 Å². The number of rotatable bonds is 6. The molecule has 0 amide bonds. The van der Waals surface area contributed by atoms with Gasteiger partial charge in [0.05, 0.1) is 44.5 Å². The zero-order chi connectivity index (χ0) is 43.0. The number of nitrogens with zero attached hydrogens (tertiary/aromatic N) is 5. The molecule has 0 saturated carbocycles. The first kappa shape index (κ1) is 35.5. The normalized spacial score (nSPS) is 12.2. The molecule has 0 atom stereocenters. The number of benzene rings is 10. The van der Waals surface area contributed by atoms with Gasteiger partial charge in [0.15, 0.2) is 0 Å². The second-order valence-corrected chi connectivity index (χ2v) is 17.5. The third-order valence-corrected chi connectivity index (χ3v) is 14.0. The molecule has 5 nitrogen and oxygen atoms in total. The van der Waals surface area contributed by atoms with Crippen LogP contribution in [0.1, 0.15) is 0 Å². The van der Waals surface area contributed by atoms with Crippen LogP contribution < -0.4 is 9.80 Å². The fourth-order valence-corrected chi connectivity index (χ4v) is 11.4. The lowest BCUT2D eigenvalue weighted by Crippen LogP contribution is -2.11. The second-order valence-electron chi connectivity index (χ2n) is 17.5. The fourth-order valence-electron chi connectivity index (χ4n) is 11.4. The van der Waals surface area contributed by atoms with Gasteiger partial charge in [-0.3, -0.25) is 4.40 Å². The van der Waals surface area contributed by atoms with E-state index in [0.717, 1.165) is 67.1 Å². The van der Waals surface area contributed by atoms with Gasteiger partial charge in [-0.25, -0.2) is 4.98 Å². The highest BCUT2D eigenvalue weighted by Gasteiger charge is 2.29. The first-order valence-electron chi connectivity index (χ1n) is 22.6. The summed E-state index contributed by atoms with van der Waals surface area (Å²) in [6.07, 6.45) is 0. The number of hydrogen-bond acceptors (Lipinski definition) is 3. The largest absolute Gasteiger partial charge is 0.308 e. The molecule has 0 fully saturated rings. The van der Waals surface area contributed by atoms with Crippen LogP contribution in [0.4, 0.5) is 34.1 Å². The summed E-state index contributed by atoms with van der Waals surface area (Å²) in [6.45, 7) is 0. The van der Waals surface area contributed by atoms with Crippen LogP contribution in [0.2, 0.25) is 0 Å². The average molecular weight is 840 g/mol. The Bertz CT molecular complexity index is 4310. The lowest BCUT2D eigenvalue weighted by atomic mass is 10.00. The Labute approximate surface area is 378 Å². The SMILES string of the molecule is c1ccc(N(c2ccccc2)c2cc3ccccc3c3c4cccc5c6nc7c(cc6n(c23)c54)c2c3ccccc3cc3c4cccc(N(c5ccccc5)c5ccccc5)c4n7c32)cc1. The number of para-hydroxylation sites is 6. The van der Waals surface area contributed by atoms with Gasteiger partial charge in [-0.15, -0.1) is 0 Å². The predicted molar refractivity (Wildman–Crippen MR) is 278 cm³/mol. The molecule has 0 aliphatic heterocycles. The minimum absolute atomic E-state index is 0.960. The highest BCUT2D eigenvalue weighted by molar-refractivity contribution is 6.35. The average Bonchev–Trinajstić information content (AvgIpc) is 4.11. The van der Waals surface area contributed by atoms with Crippen LogP contribution >= 0.6 is 0 Å². The van der Waals surface area contributed by atoms with E-state index in [-0.39, 0.29) is 0 Å². The van der Waals surface area contributed by atoms with Crippen molar-refractivity contribution in [1.82, 2.24) is 13.8 Å². The topological polar surface area (TPSA) is 28.2 Å². The lowest BCUT2D eigenvalue weighted by molar-refractivity contribution is 1.25. The van der Waals surface area contributed by atoms with Gasteiger partial charge in [0, 0.05) is 60.5 Å². The number of pyridine rings is 1. The van der Waals surface area contributed by atoms with Crippen molar-refractivity contribution in [2.75, 3.05) is 9.80 Å². The zero-order valence-electron chi connectivity index (χ0n) is 35.6. The molecule has 306 valence electrons. The van der Waals surface area contributed by atoms with E-state index in [1.54, 1.807) is 0 Å². The Morgan fingerprint density at radius 2 is 0.788 bits per heavy atom. The molecule has 15 aromatic rings. The predicted octanol–water partition coefficient (Wildman–Crippen LogP) is 16.6. The molecule has 0 aliphatic carbocycles. The van der Waals surface area contributed by atoms with Crippen LogP contribution in [-0.2, 0) is 0 Å². The first-order chi connectivity index (χ1) is 32.8. The maximum atomic E-state index is 5.93. The summed E-state index contributed by atoms with van der Waals surface area (Å²) in [7, 11) is 0. The Balaban J connectivity index is 1.14. The smallest absolute Gasteiger partial charge is 0.146 e. The molecule has 66 heavy (non-hydrogen) atoms. The molecule has 5 heteroatoms. The highest BCUT2D eigenvalue weighted by Crippen LogP contribution is 2.51. The van der Waals surface area contributed by atoms with Crippen LogP contribution in [-0.4, -0.2) is 13.8 Å². The van der Waals surface area contributed by atoms with Gasteiger partial charge in [0.2, 0.25) is 0 Å². The van der Waals surface area contributed by atoms with E-state index in [1.807, 2.05) is 0 Å². The summed E-state index contributed by atoms with van der Waals surface area (Å²) in [6, 6.07) is 81.6. The van der Waals surface area contributed by atoms with Crippen LogP contribution in [0, 0.1) is 0 Å². The molecule has 0 unspecified atom stereocenters. The Hall–Kier alpha value is -8.93. The van der Waals surface area contributed by atoms with E-state index >= 15 is 0 Å². The maximum Gasteiger partial charge on any atom is 0.146 e. The lowest BCUT2D eigenvalue weighted by Gasteiger charge is -2.27. The third-order valence-electron chi connectivity index (χ3n) is 14.0. The van der Waals surface area contributed by atoms with E-state index in [0.29, 0.717) is 0 Å². The van der Waals surface area contributed by atoms with Crippen molar-refractivity contribution in [1.29, 1.82) is 0 Å². The fraction of sp³-hybridized carbons (Fsp3) is 0. The first-order valence-corrected chi connectivity index (χ1v) is 22.6. The number of hydrogen-bond donors (Lipinski definition) is 0. The van der Waals surface area contributed by atoms with Crippen molar-refractivity contribution in [3.63, 3.8) is 0 Å². The van der Waals surface area contributed by atoms with E-state index < -0.39 is 0 Å². The standard InChI is InChI=1S/C61H37N5/c1-5-21-40(22-6-1)63(41-23-7-2-8-24-41)51-34-18-31-46-49-35-38-19-13-15-29-44(38)55-50-37-52-56(62-61(50)66(58(46)51)59(49)55)48-33-17-32-47-54-45-30-16-14-20-39(45)36-53(60(54)65(52)57(47)48)64(42-25-9-3-10-26-42)43-27-11-4-12-28-43/h1-37H. The number of anilines is 6. The summed E-state index contributed by atoms with van der Waals surface area (Å²) in [5.74, 6) is 0. The Morgan fingerprint density at radius 3 is 1.41 bits per heavy atom. The summed E-state index contributed by atoms with van der Waals surface area (Å²) in [5, 5.41) is 13.3. The minimum atomic E-state index is 0.960. The minimum Gasteiger partial charge on any atom is -0.308 e. The van der Waals surface area contributed by atoms with Crippen LogP contribution in [0.15, 0.2) is 224 Å². The molecule has 0 radical (unpaired) electrons. The number of fused-ring (bicyclic) bond motifs is 16. The second kappa shape index (κ2) is 13.3. The highest BCUT2D eigenvalue weighted by atomic mass is 15.2. The third kappa shape index (κ3) is 4.70. The molecular weight excluding hydrogens is 803 g/mol. The molecule has 15 rings (SSSR count). The molecule has 10 aromatic carbocycles. The molecule has 5 heterocycles. The zero-order valence-corrected chi connectivity index (χ0v) is 35.6. The van der Waals surface area contributed by atoms with E-state index in [4.69, 9.17) is 4.98 Å². The monoisotopic (exact) mass is 839 g/mol. The number of aromatic nitrogens is 3. The molecule has 5 aromatic heterocycles. The maximum absolute atomic E-state index is 5.93. The van der Waals surface area contributed by atoms with Crippen molar-refractivity contribution in [3.05, 3.63) is 224 Å². The summed E-state index contributed by atoms with van der Waals surface area (Å²) < 4.78 is 5.02. The van der Waals surface area contributed by atoms with Crippen molar-refractivity contribution in [2.45, 2.75) is 0 Å². The Morgan fingerprint density at radius 1 is 0.303 bits per heavy atom. The molecule has 0 bridgehead atoms. The van der Waals surface area contributed by atoms with Crippen LogP contribution in [0.3, 0.4) is 0 Å². The van der Waals surface area contributed by atoms with Gasteiger partial charge in [0.1, 0.15) is 5.65 Å². The van der Waals surface area contributed by atoms with E-state index in [2.05, 4.69) is 243 Å². The van der Waals surface area contributed by atoms with Gasteiger partial charge in [0.25, 0.3) is 0 Å². The van der Waals surface area contributed by atoms with Gasteiger partial charge < -0.3 is 14.2 Å². The molecule has 0 saturated heterocycles. The molecule has 0 spiro atoms. The van der Waals surface area contributed by atoms with E-state index in [9.17, 15) is 0 Å². The van der Waals surface area contributed by atoms with Gasteiger partial charge in [-0.2, -0.15) is 0 Å². The van der Waals surface area contributed by atoms with Crippen molar-refractivity contribution < 1.29 is 0 Å². The van der Waals surface area contributed by atoms with Crippen molar-refractivity contribution in [2.24, 2.45) is 0 Å². The Kier molecular flexibility index (Phi) is 7.16. The van der Waals surface area contributed by atoms with Gasteiger partial charge in [-0.1, -0.05) is 152 Å². The van der Waals surface area contributed by atoms with Gasteiger partial charge in [-0.05, 0) is 94.3 Å². The van der Waals surface area contributed by atoms with Crippen molar-refractivity contribution in [3.8, 4) is 0 Å². The van der Waals surface area contributed by atoms with Crippen molar-refractivity contribution >= 4 is 132 Å². The molecule has 0 aliphatic rings. The summed E-state index contributed by atoms with van der Waals surface area (Å²) >= 11 is 0. The summed E-state index contributed by atoms with van der Waals surface area (Å²) in [5.41, 5.74) is 14.4. The van der Waals surface area contributed by atoms with Crippen LogP contribution in [0.5, 0.6) is 0 Å². The molecule has 0 N–H and O–H groups in total. The molecular formula is C61H37N5.